The molecule has 0 spiro atoms. The predicted octanol–water partition coefficient (Wildman–Crippen LogP) is -0.165. The third kappa shape index (κ3) is 5.14. The molecule has 17 heavy (non-hydrogen) atoms. The maximum Gasteiger partial charge on any atom is 0.264 e. The fourth-order valence-corrected chi connectivity index (χ4v) is 3.09. The molecule has 95 valence electrons. The monoisotopic (exact) mass is 272 g/mol. The van der Waals surface area contributed by atoms with Crippen molar-refractivity contribution in [2.45, 2.75) is 31.4 Å². The average molecular weight is 272 g/mol. The van der Waals surface area contributed by atoms with Gasteiger partial charge in [-0.1, -0.05) is 0 Å². The SMILES string of the molecule is CS(=O)(=O)OC1CCCN(C2CCOC2)C1.[Na]. The Balaban J connectivity index is 0.00000144. The molecule has 0 aromatic rings. The molecule has 2 aliphatic heterocycles. The van der Waals surface area contributed by atoms with Crippen molar-refractivity contribution in [1.29, 1.82) is 0 Å². The summed E-state index contributed by atoms with van der Waals surface area (Å²) in [5.74, 6) is 0. The van der Waals surface area contributed by atoms with Crippen LogP contribution in [0.4, 0.5) is 0 Å². The molecule has 2 unspecified atom stereocenters. The summed E-state index contributed by atoms with van der Waals surface area (Å²) in [6.07, 6.45) is 3.81. The van der Waals surface area contributed by atoms with Gasteiger partial charge in [0.05, 0.1) is 19.0 Å². The average Bonchev–Trinajstić information content (AvgIpc) is 2.68. The summed E-state index contributed by atoms with van der Waals surface area (Å²) >= 11 is 0. The summed E-state index contributed by atoms with van der Waals surface area (Å²) in [4.78, 5) is 2.30. The van der Waals surface area contributed by atoms with Crippen molar-refractivity contribution in [3.8, 4) is 0 Å². The Morgan fingerprint density at radius 2 is 2.12 bits per heavy atom. The Bertz CT molecular complexity index is 329. The minimum atomic E-state index is -3.33. The molecule has 2 aliphatic rings. The van der Waals surface area contributed by atoms with E-state index in [1.165, 1.54) is 0 Å². The largest absolute Gasteiger partial charge is 0.380 e. The van der Waals surface area contributed by atoms with E-state index in [1.54, 1.807) is 0 Å². The number of hydrogen-bond donors (Lipinski definition) is 0. The molecule has 0 aliphatic carbocycles. The van der Waals surface area contributed by atoms with Crippen LogP contribution < -0.4 is 0 Å². The fourth-order valence-electron chi connectivity index (χ4n) is 2.43. The van der Waals surface area contributed by atoms with Crippen LogP contribution in [0.1, 0.15) is 19.3 Å². The number of nitrogens with zero attached hydrogens (tertiary/aromatic N) is 1. The van der Waals surface area contributed by atoms with Crippen molar-refractivity contribution in [2.24, 2.45) is 0 Å². The maximum atomic E-state index is 11.1. The van der Waals surface area contributed by atoms with Gasteiger partial charge >= 0.3 is 0 Å². The second-order valence-electron chi connectivity index (χ2n) is 4.58. The first-order valence-corrected chi connectivity index (χ1v) is 7.56. The van der Waals surface area contributed by atoms with E-state index in [4.69, 9.17) is 8.92 Å². The van der Waals surface area contributed by atoms with Gasteiger partial charge in [-0.3, -0.25) is 9.08 Å². The van der Waals surface area contributed by atoms with Gasteiger partial charge in [-0.05, 0) is 25.8 Å². The third-order valence-corrected chi connectivity index (χ3v) is 3.76. The molecule has 0 saturated carbocycles. The van der Waals surface area contributed by atoms with Crippen molar-refractivity contribution in [2.75, 3.05) is 32.6 Å². The van der Waals surface area contributed by atoms with Crippen molar-refractivity contribution >= 4 is 39.7 Å². The summed E-state index contributed by atoms with van der Waals surface area (Å²) < 4.78 is 32.5. The second-order valence-corrected chi connectivity index (χ2v) is 6.18. The Morgan fingerprint density at radius 1 is 1.35 bits per heavy atom. The van der Waals surface area contributed by atoms with E-state index in [9.17, 15) is 8.42 Å². The minimum Gasteiger partial charge on any atom is -0.380 e. The van der Waals surface area contributed by atoms with Gasteiger partial charge in [0, 0.05) is 48.8 Å². The zero-order valence-corrected chi connectivity index (χ0v) is 13.4. The Morgan fingerprint density at radius 3 is 2.71 bits per heavy atom. The van der Waals surface area contributed by atoms with Crippen molar-refractivity contribution in [3.05, 3.63) is 0 Å². The maximum absolute atomic E-state index is 11.1. The summed E-state index contributed by atoms with van der Waals surface area (Å²) in [6, 6.07) is 0.450. The summed E-state index contributed by atoms with van der Waals surface area (Å²) in [6.45, 7) is 3.32. The van der Waals surface area contributed by atoms with Crippen LogP contribution in [0.2, 0.25) is 0 Å². The number of rotatable bonds is 3. The molecule has 0 bridgehead atoms. The molecule has 7 heteroatoms. The van der Waals surface area contributed by atoms with E-state index < -0.39 is 10.1 Å². The molecule has 1 radical (unpaired) electrons. The number of ether oxygens (including phenoxy) is 1. The molecule has 2 saturated heterocycles. The molecule has 2 rings (SSSR count). The molecule has 2 heterocycles. The van der Waals surface area contributed by atoms with Crippen molar-refractivity contribution in [1.82, 2.24) is 4.90 Å². The van der Waals surface area contributed by atoms with Gasteiger partial charge < -0.3 is 4.74 Å². The van der Waals surface area contributed by atoms with E-state index >= 15 is 0 Å². The van der Waals surface area contributed by atoms with Gasteiger partial charge in [0.1, 0.15) is 0 Å². The van der Waals surface area contributed by atoms with E-state index in [1.807, 2.05) is 0 Å². The summed E-state index contributed by atoms with van der Waals surface area (Å²) in [7, 11) is -3.33. The first-order chi connectivity index (χ1) is 7.54. The Kier molecular flexibility index (Phi) is 6.39. The Labute approximate surface area is 125 Å². The van der Waals surface area contributed by atoms with Gasteiger partial charge in [0.25, 0.3) is 10.1 Å². The van der Waals surface area contributed by atoms with Crippen molar-refractivity contribution < 1.29 is 17.3 Å². The van der Waals surface area contributed by atoms with E-state index in [-0.39, 0.29) is 35.7 Å². The van der Waals surface area contributed by atoms with E-state index in [0.29, 0.717) is 12.6 Å². The first kappa shape index (κ1) is 15.9. The van der Waals surface area contributed by atoms with Crippen LogP contribution in [0.15, 0.2) is 0 Å². The predicted molar refractivity (Wildman–Crippen MR) is 65.5 cm³/mol. The molecular weight excluding hydrogens is 253 g/mol. The molecule has 0 N–H and O–H groups in total. The van der Waals surface area contributed by atoms with E-state index in [2.05, 4.69) is 4.90 Å². The molecule has 2 atom stereocenters. The van der Waals surface area contributed by atoms with Crippen LogP contribution in [-0.2, 0) is 19.0 Å². The third-order valence-electron chi connectivity index (χ3n) is 3.14. The zero-order chi connectivity index (χ0) is 11.6. The summed E-state index contributed by atoms with van der Waals surface area (Å²) in [5.41, 5.74) is 0. The normalized spacial score (nSPS) is 31.1. The molecule has 0 aromatic heterocycles. The van der Waals surface area contributed by atoms with Crippen LogP contribution in [0.3, 0.4) is 0 Å². The van der Waals surface area contributed by atoms with Crippen LogP contribution in [0.5, 0.6) is 0 Å². The standard InChI is InChI=1S/C10H19NO4S.Na/c1-16(12,13)15-10-3-2-5-11(7-10)9-4-6-14-8-9;/h9-10H,2-8H2,1H3;. The second kappa shape index (κ2) is 6.84. The van der Waals surface area contributed by atoms with Crippen LogP contribution >= 0.6 is 0 Å². The molecular formula is C10H19NNaO4S. The topological polar surface area (TPSA) is 55.8 Å². The van der Waals surface area contributed by atoms with Gasteiger partial charge in [0.15, 0.2) is 0 Å². The fraction of sp³-hybridized carbons (Fsp3) is 1.00. The quantitative estimate of drug-likeness (QED) is 0.527. The molecule has 5 nitrogen and oxygen atoms in total. The smallest absolute Gasteiger partial charge is 0.264 e. The first-order valence-electron chi connectivity index (χ1n) is 5.74. The van der Waals surface area contributed by atoms with Crippen LogP contribution in [0.25, 0.3) is 0 Å². The van der Waals surface area contributed by atoms with Crippen LogP contribution in [-0.4, -0.2) is 87.6 Å². The molecule has 0 aromatic carbocycles. The van der Waals surface area contributed by atoms with Gasteiger partial charge in [-0.2, -0.15) is 8.42 Å². The number of likely N-dealkylation sites (tertiary alicyclic amines) is 1. The van der Waals surface area contributed by atoms with E-state index in [0.717, 1.165) is 45.3 Å². The van der Waals surface area contributed by atoms with Crippen molar-refractivity contribution in [3.63, 3.8) is 0 Å². The molecule has 0 amide bonds. The number of hydrogen-bond acceptors (Lipinski definition) is 5. The molecule has 2 fully saturated rings. The minimum absolute atomic E-state index is 0. The van der Waals surface area contributed by atoms with Gasteiger partial charge in [0.2, 0.25) is 0 Å². The zero-order valence-electron chi connectivity index (χ0n) is 10.6. The Hall–Kier alpha value is 0.830. The van der Waals surface area contributed by atoms with Gasteiger partial charge in [-0.15, -0.1) is 0 Å². The number of piperidine rings is 1. The van der Waals surface area contributed by atoms with Crippen LogP contribution in [0, 0.1) is 0 Å². The van der Waals surface area contributed by atoms with Gasteiger partial charge in [-0.25, -0.2) is 0 Å². The summed E-state index contributed by atoms with van der Waals surface area (Å²) in [5, 5.41) is 0.